The normalized spacial score (nSPS) is 10.8. The highest BCUT2D eigenvalue weighted by atomic mass is 16.5. The van der Waals surface area contributed by atoms with Crippen molar-refractivity contribution in [2.45, 2.75) is 13.8 Å². The first-order valence-corrected chi connectivity index (χ1v) is 9.69. The number of aromatic nitrogens is 2. The van der Waals surface area contributed by atoms with Crippen LogP contribution in [-0.2, 0) is 0 Å². The molecule has 0 unspecified atom stereocenters. The van der Waals surface area contributed by atoms with E-state index in [-0.39, 0.29) is 0 Å². The van der Waals surface area contributed by atoms with Crippen LogP contribution in [0.4, 0.5) is 0 Å². The highest BCUT2D eigenvalue weighted by Gasteiger charge is 2.20. The third kappa shape index (κ3) is 3.43. The molecular weight excluding hydrogens is 376 g/mol. The van der Waals surface area contributed by atoms with Crippen molar-refractivity contribution in [3.63, 3.8) is 0 Å². The van der Waals surface area contributed by atoms with E-state index >= 15 is 0 Å². The van der Waals surface area contributed by atoms with E-state index in [1.807, 2.05) is 30.3 Å². The van der Waals surface area contributed by atoms with E-state index < -0.39 is 0 Å². The molecule has 2 aromatic heterocycles. The summed E-state index contributed by atoms with van der Waals surface area (Å²) in [5.74, 6) is 1.71. The molecule has 0 bridgehead atoms. The summed E-state index contributed by atoms with van der Waals surface area (Å²) in [5, 5.41) is 0.941. The van der Waals surface area contributed by atoms with Crippen molar-refractivity contribution in [3.05, 3.63) is 65.9 Å². The van der Waals surface area contributed by atoms with E-state index in [0.717, 1.165) is 33.4 Å². The maximum Gasteiger partial charge on any atom is 0.203 e. The molecular formula is C25H24N2O3. The zero-order valence-corrected chi connectivity index (χ0v) is 17.8. The van der Waals surface area contributed by atoms with Crippen molar-refractivity contribution in [2.24, 2.45) is 0 Å². The third-order valence-electron chi connectivity index (χ3n) is 5.08. The Morgan fingerprint density at radius 3 is 2.17 bits per heavy atom. The lowest BCUT2D eigenvalue weighted by molar-refractivity contribution is 0.325. The molecule has 0 aliphatic carbocycles. The van der Waals surface area contributed by atoms with E-state index in [1.54, 1.807) is 27.5 Å². The molecule has 0 saturated carbocycles. The molecule has 30 heavy (non-hydrogen) atoms. The van der Waals surface area contributed by atoms with Gasteiger partial charge in [-0.15, -0.1) is 0 Å². The molecule has 0 fully saturated rings. The number of ether oxygens (including phenoxy) is 3. The monoisotopic (exact) mass is 400 g/mol. The summed E-state index contributed by atoms with van der Waals surface area (Å²) in [7, 11) is 4.83. The minimum Gasteiger partial charge on any atom is -0.493 e. The summed E-state index contributed by atoms with van der Waals surface area (Å²) >= 11 is 0. The number of hydrogen-bond donors (Lipinski definition) is 0. The number of nitrogens with zero attached hydrogens (tertiary/aromatic N) is 2. The molecule has 0 spiro atoms. The van der Waals surface area contributed by atoms with Gasteiger partial charge in [0.05, 0.1) is 38.2 Å². The predicted octanol–water partition coefficient (Wildman–Crippen LogP) is 5.61. The average molecular weight is 400 g/mol. The standard InChI is InChI=1S/C25H24N2O3/c1-15-11-16(2)13-17(12-15)20-14-21-18(7-6-10-26-21)23(27-20)19-8-9-22(28-3)25(30-5)24(19)29-4/h6-14H,1-5H3. The van der Waals surface area contributed by atoms with Crippen molar-refractivity contribution in [1.29, 1.82) is 0 Å². The lowest BCUT2D eigenvalue weighted by Gasteiger charge is -2.17. The minimum absolute atomic E-state index is 0.535. The van der Waals surface area contributed by atoms with Crippen LogP contribution >= 0.6 is 0 Å². The molecule has 0 atom stereocenters. The Bertz CT molecular complexity index is 1210. The molecule has 5 heteroatoms. The van der Waals surface area contributed by atoms with Gasteiger partial charge >= 0.3 is 0 Å². The van der Waals surface area contributed by atoms with Crippen molar-refractivity contribution in [3.8, 4) is 39.8 Å². The maximum absolute atomic E-state index is 5.73. The Balaban J connectivity index is 2.04. The van der Waals surface area contributed by atoms with Gasteiger partial charge in [0.15, 0.2) is 11.5 Å². The van der Waals surface area contributed by atoms with Crippen LogP contribution in [0, 0.1) is 13.8 Å². The Labute approximate surface area is 176 Å². The van der Waals surface area contributed by atoms with Crippen LogP contribution in [0.3, 0.4) is 0 Å². The van der Waals surface area contributed by atoms with Crippen LogP contribution in [-0.4, -0.2) is 31.3 Å². The van der Waals surface area contributed by atoms with E-state index in [9.17, 15) is 0 Å². The highest BCUT2D eigenvalue weighted by Crippen LogP contribution is 2.45. The fourth-order valence-electron chi connectivity index (χ4n) is 3.84. The largest absolute Gasteiger partial charge is 0.493 e. The van der Waals surface area contributed by atoms with Crippen molar-refractivity contribution in [2.75, 3.05) is 21.3 Å². The number of aryl methyl sites for hydroxylation is 2. The quantitative estimate of drug-likeness (QED) is 0.436. The third-order valence-corrected chi connectivity index (χ3v) is 5.08. The fourth-order valence-corrected chi connectivity index (χ4v) is 3.84. The summed E-state index contributed by atoms with van der Waals surface area (Å²) in [6.45, 7) is 4.18. The Morgan fingerprint density at radius 1 is 0.767 bits per heavy atom. The van der Waals surface area contributed by atoms with Gasteiger partial charge in [0.1, 0.15) is 0 Å². The Hall–Kier alpha value is -3.60. The molecule has 5 nitrogen and oxygen atoms in total. The van der Waals surface area contributed by atoms with Gasteiger partial charge in [0.25, 0.3) is 0 Å². The number of fused-ring (bicyclic) bond motifs is 1. The SMILES string of the molecule is COc1ccc(-c2nc(-c3cc(C)cc(C)c3)cc3ncccc23)c(OC)c1OC. The minimum atomic E-state index is 0.535. The average Bonchev–Trinajstić information content (AvgIpc) is 2.76. The first-order chi connectivity index (χ1) is 14.5. The molecule has 0 aliphatic rings. The van der Waals surface area contributed by atoms with Gasteiger partial charge in [-0.3, -0.25) is 4.98 Å². The van der Waals surface area contributed by atoms with Crippen LogP contribution in [0.15, 0.2) is 54.7 Å². The maximum atomic E-state index is 5.73. The summed E-state index contributed by atoms with van der Waals surface area (Å²) in [5.41, 5.74) is 6.78. The molecule has 152 valence electrons. The molecule has 0 N–H and O–H groups in total. The van der Waals surface area contributed by atoms with Gasteiger partial charge < -0.3 is 14.2 Å². The smallest absolute Gasteiger partial charge is 0.203 e. The molecule has 0 amide bonds. The lowest BCUT2D eigenvalue weighted by atomic mass is 10.0. The van der Waals surface area contributed by atoms with E-state index in [1.165, 1.54) is 11.1 Å². The van der Waals surface area contributed by atoms with E-state index in [4.69, 9.17) is 19.2 Å². The highest BCUT2D eigenvalue weighted by molar-refractivity contribution is 5.97. The summed E-state index contributed by atoms with van der Waals surface area (Å²) in [4.78, 5) is 9.64. The molecule has 4 rings (SSSR count). The second-order valence-electron chi connectivity index (χ2n) is 7.18. The molecule has 0 saturated heterocycles. The predicted molar refractivity (Wildman–Crippen MR) is 120 cm³/mol. The molecule has 2 heterocycles. The van der Waals surface area contributed by atoms with Crippen LogP contribution in [0.25, 0.3) is 33.4 Å². The van der Waals surface area contributed by atoms with Crippen molar-refractivity contribution in [1.82, 2.24) is 9.97 Å². The van der Waals surface area contributed by atoms with Gasteiger partial charge in [-0.05, 0) is 56.3 Å². The summed E-state index contributed by atoms with van der Waals surface area (Å²) in [6.07, 6.45) is 1.79. The topological polar surface area (TPSA) is 53.5 Å². The molecule has 2 aromatic carbocycles. The summed E-state index contributed by atoms with van der Waals surface area (Å²) < 4.78 is 16.8. The molecule has 4 aromatic rings. The number of pyridine rings is 2. The lowest BCUT2D eigenvalue weighted by Crippen LogP contribution is -1.99. The Kier molecular flexibility index (Phi) is 5.27. The molecule has 0 aliphatic heterocycles. The van der Waals surface area contributed by atoms with E-state index in [2.05, 4.69) is 37.0 Å². The van der Waals surface area contributed by atoms with Gasteiger partial charge in [0, 0.05) is 22.7 Å². The van der Waals surface area contributed by atoms with Crippen LogP contribution in [0.5, 0.6) is 17.2 Å². The van der Waals surface area contributed by atoms with Gasteiger partial charge in [-0.2, -0.15) is 0 Å². The van der Waals surface area contributed by atoms with Gasteiger partial charge in [0.2, 0.25) is 5.75 Å². The number of rotatable bonds is 5. The van der Waals surface area contributed by atoms with Crippen LogP contribution in [0.1, 0.15) is 11.1 Å². The first-order valence-electron chi connectivity index (χ1n) is 9.69. The number of benzene rings is 2. The van der Waals surface area contributed by atoms with E-state index in [0.29, 0.717) is 17.2 Å². The fraction of sp³-hybridized carbons (Fsp3) is 0.200. The van der Waals surface area contributed by atoms with Gasteiger partial charge in [-0.1, -0.05) is 17.2 Å². The Morgan fingerprint density at radius 2 is 1.50 bits per heavy atom. The van der Waals surface area contributed by atoms with Gasteiger partial charge in [-0.25, -0.2) is 4.98 Å². The number of hydrogen-bond acceptors (Lipinski definition) is 5. The first kappa shape index (κ1) is 19.7. The van der Waals surface area contributed by atoms with Crippen LogP contribution in [0.2, 0.25) is 0 Å². The zero-order chi connectivity index (χ0) is 21.3. The second-order valence-corrected chi connectivity index (χ2v) is 7.18. The number of methoxy groups -OCH3 is 3. The van der Waals surface area contributed by atoms with Crippen molar-refractivity contribution >= 4 is 10.9 Å². The van der Waals surface area contributed by atoms with Crippen molar-refractivity contribution < 1.29 is 14.2 Å². The summed E-state index contributed by atoms with van der Waals surface area (Å²) in [6, 6.07) is 16.2. The second kappa shape index (κ2) is 8.03. The van der Waals surface area contributed by atoms with Crippen LogP contribution < -0.4 is 14.2 Å². The molecule has 0 radical (unpaired) electrons. The zero-order valence-electron chi connectivity index (χ0n) is 17.8.